The zero-order chi connectivity index (χ0) is 21.6. The van der Waals surface area contributed by atoms with E-state index in [1.165, 1.54) is 11.1 Å². The molecule has 160 valence electrons. The highest BCUT2D eigenvalue weighted by molar-refractivity contribution is 5.70. The number of carboxylic acids is 1. The Morgan fingerprint density at radius 2 is 1.81 bits per heavy atom. The molecule has 1 heterocycles. The quantitative estimate of drug-likeness (QED) is 0.557. The van der Waals surface area contributed by atoms with Crippen LogP contribution in [0.25, 0.3) is 0 Å². The lowest BCUT2D eigenvalue weighted by Crippen LogP contribution is -2.41. The van der Waals surface area contributed by atoms with Crippen LogP contribution in [0, 0.1) is 12.8 Å². The van der Waals surface area contributed by atoms with E-state index in [2.05, 4.69) is 60.4 Å². The average molecular weight is 416 g/mol. The van der Waals surface area contributed by atoms with E-state index < -0.39 is 5.97 Å². The van der Waals surface area contributed by atoms with Gasteiger partial charge < -0.3 is 9.84 Å². The number of aliphatic carboxylic acids is 1. The Hall–Kier alpha value is -3.11. The molecule has 4 rings (SSSR count). The Bertz CT molecular complexity index is 1000. The van der Waals surface area contributed by atoms with E-state index in [0.717, 1.165) is 36.3 Å². The molecule has 4 heteroatoms. The normalized spacial score (nSPS) is 17.8. The minimum atomic E-state index is -0.702. The van der Waals surface area contributed by atoms with Crippen molar-refractivity contribution in [1.29, 1.82) is 0 Å². The maximum Gasteiger partial charge on any atom is 0.307 e. The van der Waals surface area contributed by atoms with Crippen molar-refractivity contribution in [3.63, 3.8) is 0 Å². The second-order valence-electron chi connectivity index (χ2n) is 8.33. The molecule has 1 N–H and O–H groups in total. The highest BCUT2D eigenvalue weighted by atomic mass is 16.5. The van der Waals surface area contributed by atoms with Crippen LogP contribution in [0.2, 0.25) is 0 Å². The third kappa shape index (κ3) is 5.33. The van der Waals surface area contributed by atoms with Crippen molar-refractivity contribution in [2.24, 2.45) is 5.92 Å². The first-order valence-corrected chi connectivity index (χ1v) is 10.9. The molecular formula is C27H29NO3. The summed E-state index contributed by atoms with van der Waals surface area (Å²) in [6.45, 7) is 4.04. The van der Waals surface area contributed by atoms with Crippen LogP contribution in [0.15, 0.2) is 78.9 Å². The largest absolute Gasteiger partial charge is 0.489 e. The lowest BCUT2D eigenvalue weighted by atomic mass is 9.91. The number of carboxylic acid groups (broad SMARTS) is 1. The molecule has 3 aromatic rings. The van der Waals surface area contributed by atoms with E-state index in [4.69, 9.17) is 4.74 Å². The van der Waals surface area contributed by atoms with Crippen molar-refractivity contribution in [2.75, 3.05) is 13.1 Å². The molecule has 3 aromatic carbocycles. The third-order valence-corrected chi connectivity index (χ3v) is 5.98. The summed E-state index contributed by atoms with van der Waals surface area (Å²) in [5.74, 6) is -0.197. The summed E-state index contributed by atoms with van der Waals surface area (Å²) in [5.41, 5.74) is 4.64. The number of likely N-dealkylation sites (tertiary alicyclic amines) is 1. The Morgan fingerprint density at radius 3 is 2.55 bits per heavy atom. The van der Waals surface area contributed by atoms with Crippen molar-refractivity contribution < 1.29 is 14.6 Å². The zero-order valence-electron chi connectivity index (χ0n) is 17.9. The van der Waals surface area contributed by atoms with Gasteiger partial charge in [-0.1, -0.05) is 72.3 Å². The van der Waals surface area contributed by atoms with Crippen molar-refractivity contribution in [3.8, 4) is 5.75 Å². The van der Waals surface area contributed by atoms with E-state index in [9.17, 15) is 9.90 Å². The molecule has 4 nitrogen and oxygen atoms in total. The fourth-order valence-electron chi connectivity index (χ4n) is 4.32. The van der Waals surface area contributed by atoms with E-state index >= 15 is 0 Å². The summed E-state index contributed by atoms with van der Waals surface area (Å²) in [6, 6.07) is 26.9. The molecule has 0 aliphatic carbocycles. The fourth-order valence-corrected chi connectivity index (χ4v) is 4.32. The van der Waals surface area contributed by atoms with Crippen LogP contribution < -0.4 is 4.74 Å². The molecular weight excluding hydrogens is 386 g/mol. The van der Waals surface area contributed by atoms with Crippen LogP contribution in [0.1, 0.15) is 41.1 Å². The molecule has 0 spiro atoms. The van der Waals surface area contributed by atoms with Crippen LogP contribution in [0.5, 0.6) is 5.75 Å². The van der Waals surface area contributed by atoms with Gasteiger partial charge in [0.15, 0.2) is 0 Å². The van der Waals surface area contributed by atoms with Gasteiger partial charge in [0.2, 0.25) is 0 Å². The molecule has 2 atom stereocenters. The zero-order valence-corrected chi connectivity index (χ0v) is 17.9. The SMILES string of the molecule is Cc1ccc(C(c2cccc(OCc3ccccc3)c2)N2CCCC(C(=O)O)C2)cc1. The van der Waals surface area contributed by atoms with Gasteiger partial charge in [0.05, 0.1) is 12.0 Å². The van der Waals surface area contributed by atoms with Gasteiger partial charge in [0.1, 0.15) is 12.4 Å². The van der Waals surface area contributed by atoms with Gasteiger partial charge >= 0.3 is 5.97 Å². The molecule has 1 aliphatic rings. The van der Waals surface area contributed by atoms with Crippen LogP contribution in [-0.4, -0.2) is 29.1 Å². The summed E-state index contributed by atoms with van der Waals surface area (Å²) < 4.78 is 6.07. The van der Waals surface area contributed by atoms with Gasteiger partial charge in [0, 0.05) is 6.54 Å². The summed E-state index contributed by atoms with van der Waals surface area (Å²) in [4.78, 5) is 14.0. The van der Waals surface area contributed by atoms with Gasteiger partial charge in [-0.2, -0.15) is 0 Å². The number of ether oxygens (including phenoxy) is 1. The predicted octanol–water partition coefficient (Wildman–Crippen LogP) is 5.46. The molecule has 0 saturated carbocycles. The lowest BCUT2D eigenvalue weighted by molar-refractivity contribution is -0.143. The first-order valence-electron chi connectivity index (χ1n) is 10.9. The van der Waals surface area contributed by atoms with Crippen LogP contribution in [-0.2, 0) is 11.4 Å². The van der Waals surface area contributed by atoms with Gasteiger partial charge in [0.25, 0.3) is 0 Å². The Labute approximate surface area is 184 Å². The highest BCUT2D eigenvalue weighted by Crippen LogP contribution is 2.34. The van der Waals surface area contributed by atoms with Gasteiger partial charge in [-0.3, -0.25) is 9.69 Å². The predicted molar refractivity (Wildman–Crippen MR) is 122 cm³/mol. The first-order chi connectivity index (χ1) is 15.1. The van der Waals surface area contributed by atoms with Crippen LogP contribution >= 0.6 is 0 Å². The minimum absolute atomic E-state index is 0.00280. The Kier molecular flexibility index (Phi) is 6.68. The Morgan fingerprint density at radius 1 is 1.03 bits per heavy atom. The summed E-state index contributed by atoms with van der Waals surface area (Å²) in [7, 11) is 0. The summed E-state index contributed by atoms with van der Waals surface area (Å²) >= 11 is 0. The molecule has 31 heavy (non-hydrogen) atoms. The number of benzene rings is 3. The monoisotopic (exact) mass is 415 g/mol. The average Bonchev–Trinajstić information content (AvgIpc) is 2.80. The number of hydrogen-bond donors (Lipinski definition) is 1. The van der Waals surface area contributed by atoms with Crippen molar-refractivity contribution in [2.45, 2.75) is 32.4 Å². The number of piperidine rings is 1. The number of hydrogen-bond acceptors (Lipinski definition) is 3. The van der Waals surface area contributed by atoms with Crippen LogP contribution in [0.3, 0.4) is 0 Å². The number of carbonyl (C=O) groups is 1. The van der Waals surface area contributed by atoms with Gasteiger partial charge in [-0.25, -0.2) is 0 Å². The van der Waals surface area contributed by atoms with Gasteiger partial charge in [-0.05, 0) is 55.1 Å². The molecule has 1 aliphatic heterocycles. The lowest BCUT2D eigenvalue weighted by Gasteiger charge is -2.37. The maximum absolute atomic E-state index is 11.7. The van der Waals surface area contributed by atoms with E-state index in [-0.39, 0.29) is 12.0 Å². The van der Waals surface area contributed by atoms with Gasteiger partial charge in [-0.15, -0.1) is 0 Å². The second-order valence-corrected chi connectivity index (χ2v) is 8.33. The van der Waals surface area contributed by atoms with Crippen molar-refractivity contribution >= 4 is 5.97 Å². The smallest absolute Gasteiger partial charge is 0.307 e. The summed E-state index contributed by atoms with van der Waals surface area (Å²) in [6.07, 6.45) is 1.64. The molecule has 0 aromatic heterocycles. The molecule has 2 unspecified atom stereocenters. The highest BCUT2D eigenvalue weighted by Gasteiger charge is 2.31. The number of rotatable bonds is 7. The van der Waals surface area contributed by atoms with E-state index in [1.54, 1.807) is 0 Å². The van der Waals surface area contributed by atoms with Crippen molar-refractivity contribution in [1.82, 2.24) is 4.90 Å². The fraction of sp³-hybridized carbons (Fsp3) is 0.296. The third-order valence-electron chi connectivity index (χ3n) is 5.98. The molecule has 1 fully saturated rings. The van der Waals surface area contributed by atoms with Crippen LogP contribution in [0.4, 0.5) is 0 Å². The molecule has 1 saturated heterocycles. The van der Waals surface area contributed by atoms with E-state index in [0.29, 0.717) is 13.2 Å². The maximum atomic E-state index is 11.7. The van der Waals surface area contributed by atoms with Crippen molar-refractivity contribution in [3.05, 3.63) is 101 Å². The Balaban J connectivity index is 1.62. The topological polar surface area (TPSA) is 49.8 Å². The minimum Gasteiger partial charge on any atom is -0.489 e. The standard InChI is InChI=1S/C27H29NO3/c1-20-12-14-22(15-13-20)26(28-16-6-10-24(18-28)27(29)30)23-9-5-11-25(17-23)31-19-21-7-3-2-4-8-21/h2-5,7-9,11-15,17,24,26H,6,10,16,18-19H2,1H3,(H,29,30). The molecule has 0 bridgehead atoms. The molecule has 0 amide bonds. The number of nitrogens with zero attached hydrogens (tertiary/aromatic N) is 1. The number of aryl methyl sites for hydroxylation is 1. The first kappa shape index (κ1) is 21.1. The molecule has 0 radical (unpaired) electrons. The second kappa shape index (κ2) is 9.80. The summed E-state index contributed by atoms with van der Waals surface area (Å²) in [5, 5.41) is 9.59. The van der Waals surface area contributed by atoms with E-state index in [1.807, 2.05) is 30.3 Å².